The molecule has 158 valence electrons. The second-order valence-electron chi connectivity index (χ2n) is 10.9. The largest absolute Gasteiger partial charge is 0.494 e. The smallest absolute Gasteiger partial charge is 0.399 e. The van der Waals surface area contributed by atoms with Crippen LogP contribution in [0, 0.1) is 5.41 Å². The number of aromatic nitrogens is 1. The predicted molar refractivity (Wildman–Crippen MR) is 123 cm³/mol. The molecule has 0 saturated carbocycles. The van der Waals surface area contributed by atoms with E-state index in [-0.39, 0.29) is 29.3 Å². The maximum Gasteiger partial charge on any atom is 0.494 e. The van der Waals surface area contributed by atoms with E-state index in [4.69, 9.17) is 14.3 Å². The van der Waals surface area contributed by atoms with E-state index in [9.17, 15) is 0 Å². The highest BCUT2D eigenvalue weighted by atomic mass is 32.1. The highest BCUT2D eigenvalue weighted by molar-refractivity contribution is 7.18. The van der Waals surface area contributed by atoms with Gasteiger partial charge < -0.3 is 14.2 Å². The van der Waals surface area contributed by atoms with Gasteiger partial charge in [0.25, 0.3) is 0 Å². The van der Waals surface area contributed by atoms with E-state index in [0.29, 0.717) is 5.92 Å². The first kappa shape index (κ1) is 21.3. The number of thiazole rings is 1. The van der Waals surface area contributed by atoms with E-state index in [1.165, 1.54) is 9.71 Å². The van der Waals surface area contributed by atoms with Gasteiger partial charge in [0.2, 0.25) is 0 Å². The van der Waals surface area contributed by atoms with Crippen molar-refractivity contribution >= 4 is 34.1 Å². The predicted octanol–water partition coefficient (Wildman–Crippen LogP) is 4.82. The van der Waals surface area contributed by atoms with E-state index in [2.05, 4.69) is 85.5 Å². The zero-order valence-corrected chi connectivity index (χ0v) is 20.2. The van der Waals surface area contributed by atoms with E-state index in [1.807, 2.05) is 11.3 Å². The summed E-state index contributed by atoms with van der Waals surface area (Å²) in [5, 5.41) is 1.26. The molecule has 2 aliphatic heterocycles. The zero-order valence-electron chi connectivity index (χ0n) is 19.4. The Morgan fingerprint density at radius 3 is 2.28 bits per heavy atom. The molecular weight excluding hydrogens is 379 g/mol. The van der Waals surface area contributed by atoms with Gasteiger partial charge in [0.15, 0.2) is 0 Å². The van der Waals surface area contributed by atoms with Crippen LogP contribution in [0.2, 0.25) is 0 Å². The van der Waals surface area contributed by atoms with Gasteiger partial charge in [-0.15, -0.1) is 11.3 Å². The van der Waals surface area contributed by atoms with Gasteiger partial charge in [0, 0.05) is 11.5 Å². The lowest BCUT2D eigenvalue weighted by Crippen LogP contribution is -2.58. The SMILES string of the molecule is CN1CCC(c2nc3cc(B4OC(C)(C)C(C)(C)O4)ccc3s2)C(C)(C)C1(C)C. The van der Waals surface area contributed by atoms with E-state index in [1.54, 1.807) is 0 Å². The van der Waals surface area contributed by atoms with Crippen molar-refractivity contribution in [1.82, 2.24) is 9.88 Å². The minimum atomic E-state index is -0.340. The van der Waals surface area contributed by atoms with Crippen LogP contribution in [0.4, 0.5) is 0 Å². The van der Waals surface area contributed by atoms with Crippen LogP contribution in [0.15, 0.2) is 18.2 Å². The summed E-state index contributed by atoms with van der Waals surface area (Å²) in [6, 6.07) is 6.48. The summed E-state index contributed by atoms with van der Waals surface area (Å²) in [7, 11) is 1.90. The maximum absolute atomic E-state index is 6.24. The summed E-state index contributed by atoms with van der Waals surface area (Å²) in [6.45, 7) is 19.0. The summed E-state index contributed by atoms with van der Waals surface area (Å²) in [4.78, 5) is 7.61. The van der Waals surface area contributed by atoms with Crippen molar-refractivity contribution in [2.24, 2.45) is 5.41 Å². The van der Waals surface area contributed by atoms with Crippen molar-refractivity contribution in [2.75, 3.05) is 13.6 Å². The fourth-order valence-corrected chi connectivity index (χ4v) is 5.82. The average molecular weight is 414 g/mol. The molecule has 2 fully saturated rings. The Bertz CT molecular complexity index is 918. The van der Waals surface area contributed by atoms with Gasteiger partial charge in [0.05, 0.1) is 26.4 Å². The third-order valence-electron chi connectivity index (χ3n) is 8.41. The zero-order chi connectivity index (χ0) is 21.4. The van der Waals surface area contributed by atoms with Crippen molar-refractivity contribution in [3.05, 3.63) is 23.2 Å². The Labute approximate surface area is 180 Å². The quantitative estimate of drug-likeness (QED) is 0.660. The van der Waals surface area contributed by atoms with Crippen molar-refractivity contribution in [3.8, 4) is 0 Å². The summed E-state index contributed by atoms with van der Waals surface area (Å²) in [6.07, 6.45) is 1.15. The van der Waals surface area contributed by atoms with Crippen LogP contribution in [0.25, 0.3) is 10.2 Å². The van der Waals surface area contributed by atoms with Gasteiger partial charge in [-0.25, -0.2) is 4.98 Å². The Balaban J connectivity index is 1.67. The molecule has 1 atom stereocenters. The second-order valence-corrected chi connectivity index (χ2v) is 12.0. The molecule has 3 heterocycles. The first-order valence-corrected chi connectivity index (χ1v) is 11.6. The maximum atomic E-state index is 6.24. The van der Waals surface area contributed by atoms with Gasteiger partial charge >= 0.3 is 7.12 Å². The molecule has 2 aliphatic rings. The number of rotatable bonds is 2. The summed E-state index contributed by atoms with van der Waals surface area (Å²) >= 11 is 1.85. The van der Waals surface area contributed by atoms with Crippen LogP contribution in [0.1, 0.15) is 72.7 Å². The summed E-state index contributed by atoms with van der Waals surface area (Å²) in [5.74, 6) is 0.464. The van der Waals surface area contributed by atoms with Crippen LogP contribution in [-0.4, -0.2) is 47.3 Å². The van der Waals surface area contributed by atoms with E-state index < -0.39 is 0 Å². The number of piperidine rings is 1. The summed E-state index contributed by atoms with van der Waals surface area (Å²) < 4.78 is 13.7. The molecule has 6 heteroatoms. The van der Waals surface area contributed by atoms with Crippen LogP contribution in [-0.2, 0) is 9.31 Å². The standard InChI is InChI=1S/C23H35BN2O2S/c1-20(2)16(12-13-26(9)21(20,3)4)19-25-17-14-15(10-11-18(17)29-19)24-27-22(5,6)23(7,8)28-24/h10-11,14,16H,12-13H2,1-9H3. The molecule has 0 radical (unpaired) electrons. The average Bonchev–Trinajstić information content (AvgIpc) is 3.10. The first-order chi connectivity index (χ1) is 13.3. The minimum absolute atomic E-state index is 0.127. The van der Waals surface area contributed by atoms with Gasteiger partial charge in [-0.2, -0.15) is 0 Å². The normalized spacial score (nSPS) is 28.2. The molecule has 1 unspecified atom stereocenters. The lowest BCUT2D eigenvalue weighted by Gasteiger charge is -2.55. The highest BCUT2D eigenvalue weighted by Gasteiger charge is 2.52. The topological polar surface area (TPSA) is 34.6 Å². The van der Waals surface area contributed by atoms with Crippen molar-refractivity contribution in [1.29, 1.82) is 0 Å². The van der Waals surface area contributed by atoms with Crippen molar-refractivity contribution in [3.63, 3.8) is 0 Å². The number of hydrogen-bond donors (Lipinski definition) is 0. The number of fused-ring (bicyclic) bond motifs is 1. The Morgan fingerprint density at radius 1 is 1.03 bits per heavy atom. The van der Waals surface area contributed by atoms with Crippen molar-refractivity contribution < 1.29 is 9.31 Å². The minimum Gasteiger partial charge on any atom is -0.399 e. The Kier molecular flexibility index (Phi) is 4.79. The Morgan fingerprint density at radius 2 is 1.66 bits per heavy atom. The fourth-order valence-electron chi connectivity index (χ4n) is 4.55. The second kappa shape index (κ2) is 6.52. The molecule has 2 saturated heterocycles. The third-order valence-corrected chi connectivity index (χ3v) is 9.56. The summed E-state index contributed by atoms with van der Waals surface area (Å²) in [5.41, 5.74) is 1.72. The molecule has 1 aromatic carbocycles. The lowest BCUT2D eigenvalue weighted by molar-refractivity contribution is -0.0301. The molecule has 29 heavy (non-hydrogen) atoms. The van der Waals surface area contributed by atoms with Crippen LogP contribution in [0.3, 0.4) is 0 Å². The van der Waals surface area contributed by atoms with Gasteiger partial charge in [0.1, 0.15) is 0 Å². The molecule has 1 aromatic heterocycles. The number of likely N-dealkylation sites (tertiary alicyclic amines) is 1. The fraction of sp³-hybridized carbons (Fsp3) is 0.696. The van der Waals surface area contributed by atoms with Crippen LogP contribution in [0.5, 0.6) is 0 Å². The van der Waals surface area contributed by atoms with Gasteiger partial charge in [-0.3, -0.25) is 0 Å². The van der Waals surface area contributed by atoms with Crippen LogP contribution < -0.4 is 5.46 Å². The molecular formula is C23H35BN2O2S. The van der Waals surface area contributed by atoms with E-state index >= 15 is 0 Å². The molecule has 0 bridgehead atoms. The Hall–Kier alpha value is -0.945. The van der Waals surface area contributed by atoms with Gasteiger partial charge in [-0.05, 0) is 84.6 Å². The first-order valence-electron chi connectivity index (χ1n) is 10.7. The van der Waals surface area contributed by atoms with Crippen molar-refractivity contribution in [2.45, 2.75) is 84.5 Å². The van der Waals surface area contributed by atoms with Crippen LogP contribution >= 0.6 is 11.3 Å². The van der Waals surface area contributed by atoms with E-state index in [0.717, 1.165) is 23.9 Å². The third kappa shape index (κ3) is 3.18. The number of nitrogens with zero attached hydrogens (tertiary/aromatic N) is 2. The number of hydrogen-bond acceptors (Lipinski definition) is 5. The molecule has 4 rings (SSSR count). The monoisotopic (exact) mass is 414 g/mol. The lowest BCUT2D eigenvalue weighted by atomic mass is 9.62. The molecule has 2 aromatic rings. The highest BCUT2D eigenvalue weighted by Crippen LogP contribution is 2.52. The van der Waals surface area contributed by atoms with Gasteiger partial charge in [-0.1, -0.05) is 19.9 Å². The number of benzene rings is 1. The molecule has 0 amide bonds. The molecule has 0 spiro atoms. The molecule has 0 aliphatic carbocycles. The molecule has 4 nitrogen and oxygen atoms in total. The molecule has 0 N–H and O–H groups in total.